The Kier molecular flexibility index (Phi) is 3.88. The second-order valence-corrected chi connectivity index (χ2v) is 6.77. The Morgan fingerprint density at radius 1 is 1.32 bits per heavy atom. The summed E-state index contributed by atoms with van der Waals surface area (Å²) in [5.41, 5.74) is 2.92. The average molecular weight is 357 g/mol. The minimum absolute atomic E-state index is 0.0419. The topological polar surface area (TPSA) is 64.4 Å². The quantitative estimate of drug-likeness (QED) is 0.473. The molecule has 6 heteroatoms. The van der Waals surface area contributed by atoms with Gasteiger partial charge >= 0.3 is 0 Å². The SMILES string of the molecule is COc1ccc(Cl)c2c1N[C@H](c1cccc([N+](=O)[O-])c1)[C@H]1CC=C[C@@H]21. The van der Waals surface area contributed by atoms with Crippen LogP contribution in [-0.4, -0.2) is 12.0 Å². The molecule has 0 amide bonds. The molecule has 0 saturated heterocycles. The van der Waals surface area contributed by atoms with Gasteiger partial charge in [-0.05, 0) is 30.0 Å². The van der Waals surface area contributed by atoms with E-state index in [1.165, 1.54) is 6.07 Å². The maximum Gasteiger partial charge on any atom is 0.269 e. The standard InChI is InChI=1S/C19H17ClN2O3/c1-25-16-9-8-15(20)17-13-6-3-7-14(13)18(21-19(16)17)11-4-2-5-12(10-11)22(23)24/h2-6,8-10,13-14,18,21H,7H2,1H3/t13-,14+,18-/m1/s1. The third kappa shape index (κ3) is 2.55. The van der Waals surface area contributed by atoms with Crippen LogP contribution in [0.25, 0.3) is 0 Å². The highest BCUT2D eigenvalue weighted by Gasteiger charge is 2.40. The minimum atomic E-state index is -0.359. The number of ether oxygens (including phenoxy) is 1. The number of nitro groups is 1. The largest absolute Gasteiger partial charge is 0.495 e. The van der Waals surface area contributed by atoms with Gasteiger partial charge in [-0.1, -0.05) is 35.9 Å². The summed E-state index contributed by atoms with van der Waals surface area (Å²) in [5.74, 6) is 1.16. The van der Waals surface area contributed by atoms with Crippen molar-refractivity contribution in [1.29, 1.82) is 0 Å². The van der Waals surface area contributed by atoms with Crippen LogP contribution >= 0.6 is 11.6 Å². The predicted molar refractivity (Wildman–Crippen MR) is 97.5 cm³/mol. The van der Waals surface area contributed by atoms with E-state index in [-0.39, 0.29) is 28.5 Å². The van der Waals surface area contributed by atoms with Crippen LogP contribution in [-0.2, 0) is 0 Å². The minimum Gasteiger partial charge on any atom is -0.495 e. The Bertz CT molecular complexity index is 881. The zero-order valence-corrected chi connectivity index (χ0v) is 14.4. The van der Waals surface area contributed by atoms with Crippen molar-refractivity contribution in [2.45, 2.75) is 18.4 Å². The third-order valence-electron chi connectivity index (χ3n) is 5.09. The first kappa shape index (κ1) is 16.0. The highest BCUT2D eigenvalue weighted by molar-refractivity contribution is 6.32. The van der Waals surface area contributed by atoms with E-state index in [1.807, 2.05) is 18.2 Å². The number of halogens is 1. The van der Waals surface area contributed by atoms with Crippen LogP contribution in [0.3, 0.4) is 0 Å². The van der Waals surface area contributed by atoms with Crippen LogP contribution in [0.5, 0.6) is 5.75 Å². The molecule has 2 aromatic carbocycles. The van der Waals surface area contributed by atoms with E-state index in [1.54, 1.807) is 19.2 Å². The zero-order chi connectivity index (χ0) is 17.6. The van der Waals surface area contributed by atoms with Gasteiger partial charge in [0.2, 0.25) is 0 Å². The zero-order valence-electron chi connectivity index (χ0n) is 13.6. The van der Waals surface area contributed by atoms with Gasteiger partial charge in [0.15, 0.2) is 0 Å². The highest BCUT2D eigenvalue weighted by atomic mass is 35.5. The number of non-ortho nitro benzene ring substituents is 1. The van der Waals surface area contributed by atoms with Gasteiger partial charge in [-0.2, -0.15) is 0 Å². The van der Waals surface area contributed by atoms with E-state index < -0.39 is 0 Å². The fraction of sp³-hybridized carbons (Fsp3) is 0.263. The van der Waals surface area contributed by atoms with Gasteiger partial charge in [0, 0.05) is 28.6 Å². The molecule has 5 nitrogen and oxygen atoms in total. The Labute approximate surface area is 150 Å². The molecule has 25 heavy (non-hydrogen) atoms. The second kappa shape index (κ2) is 6.08. The first-order valence-electron chi connectivity index (χ1n) is 8.14. The molecule has 0 saturated carbocycles. The molecule has 0 fully saturated rings. The fourth-order valence-corrected chi connectivity index (χ4v) is 4.25. The molecule has 2 aromatic rings. The molecule has 0 radical (unpaired) electrons. The second-order valence-electron chi connectivity index (χ2n) is 6.37. The van der Waals surface area contributed by atoms with Gasteiger partial charge in [0.05, 0.1) is 23.8 Å². The van der Waals surface area contributed by atoms with Crippen molar-refractivity contribution in [3.8, 4) is 5.75 Å². The smallest absolute Gasteiger partial charge is 0.269 e. The Hall–Kier alpha value is -2.53. The molecular formula is C19H17ClN2O3. The number of anilines is 1. The van der Waals surface area contributed by atoms with E-state index in [2.05, 4.69) is 17.5 Å². The number of nitrogens with zero attached hydrogens (tertiary/aromatic N) is 1. The molecule has 0 bridgehead atoms. The number of hydrogen-bond acceptors (Lipinski definition) is 4. The molecule has 1 aliphatic heterocycles. The number of methoxy groups -OCH3 is 1. The van der Waals surface area contributed by atoms with Gasteiger partial charge in [-0.3, -0.25) is 10.1 Å². The molecule has 1 aliphatic carbocycles. The maximum absolute atomic E-state index is 11.1. The van der Waals surface area contributed by atoms with Crippen molar-refractivity contribution in [2.24, 2.45) is 5.92 Å². The molecule has 0 spiro atoms. The highest BCUT2D eigenvalue weighted by Crippen LogP contribution is 2.54. The van der Waals surface area contributed by atoms with Crippen LogP contribution < -0.4 is 10.1 Å². The van der Waals surface area contributed by atoms with Crippen LogP contribution in [0.2, 0.25) is 5.02 Å². The lowest BCUT2D eigenvalue weighted by Crippen LogP contribution is -2.29. The Morgan fingerprint density at radius 2 is 2.16 bits per heavy atom. The van der Waals surface area contributed by atoms with Gasteiger partial charge < -0.3 is 10.1 Å². The van der Waals surface area contributed by atoms with Crippen molar-refractivity contribution >= 4 is 23.0 Å². The first-order valence-corrected chi connectivity index (χ1v) is 8.52. The van der Waals surface area contributed by atoms with Crippen molar-refractivity contribution in [1.82, 2.24) is 0 Å². The van der Waals surface area contributed by atoms with Crippen LogP contribution in [0.4, 0.5) is 11.4 Å². The van der Waals surface area contributed by atoms with Crippen molar-refractivity contribution in [3.63, 3.8) is 0 Å². The van der Waals surface area contributed by atoms with E-state index in [0.29, 0.717) is 5.02 Å². The summed E-state index contributed by atoms with van der Waals surface area (Å²) in [6.07, 6.45) is 5.24. The number of fused-ring (bicyclic) bond motifs is 3. The van der Waals surface area contributed by atoms with Gasteiger partial charge in [-0.15, -0.1) is 0 Å². The molecule has 2 aliphatic rings. The lowest BCUT2D eigenvalue weighted by atomic mass is 9.77. The summed E-state index contributed by atoms with van der Waals surface area (Å²) >= 11 is 6.48. The molecule has 128 valence electrons. The van der Waals surface area contributed by atoms with E-state index in [0.717, 1.165) is 29.0 Å². The summed E-state index contributed by atoms with van der Waals surface area (Å²) in [7, 11) is 1.63. The number of benzene rings is 2. The Morgan fingerprint density at radius 3 is 2.92 bits per heavy atom. The van der Waals surface area contributed by atoms with Crippen molar-refractivity contribution in [2.75, 3.05) is 12.4 Å². The molecule has 3 atom stereocenters. The molecule has 0 unspecified atom stereocenters. The monoisotopic (exact) mass is 356 g/mol. The number of rotatable bonds is 3. The number of hydrogen-bond donors (Lipinski definition) is 1. The fourth-order valence-electron chi connectivity index (χ4n) is 3.97. The van der Waals surface area contributed by atoms with Crippen LogP contribution in [0.1, 0.15) is 29.5 Å². The molecule has 1 heterocycles. The first-order chi connectivity index (χ1) is 12.1. The summed E-state index contributed by atoms with van der Waals surface area (Å²) in [6.45, 7) is 0. The van der Waals surface area contributed by atoms with E-state index in [4.69, 9.17) is 16.3 Å². The van der Waals surface area contributed by atoms with Crippen LogP contribution in [0.15, 0.2) is 48.6 Å². The van der Waals surface area contributed by atoms with Gasteiger partial charge in [0.1, 0.15) is 5.75 Å². The molecule has 1 N–H and O–H groups in total. The number of allylic oxidation sites excluding steroid dienone is 2. The maximum atomic E-state index is 11.1. The summed E-state index contributed by atoms with van der Waals surface area (Å²) in [4.78, 5) is 10.8. The lowest BCUT2D eigenvalue weighted by Gasteiger charge is -2.38. The molecular weight excluding hydrogens is 340 g/mol. The van der Waals surface area contributed by atoms with Crippen molar-refractivity contribution < 1.29 is 9.66 Å². The summed E-state index contributed by atoms with van der Waals surface area (Å²) in [5, 5.41) is 15.4. The lowest BCUT2D eigenvalue weighted by molar-refractivity contribution is -0.384. The summed E-state index contributed by atoms with van der Waals surface area (Å²) in [6, 6.07) is 10.5. The molecule has 0 aromatic heterocycles. The number of nitrogens with one attached hydrogen (secondary N) is 1. The predicted octanol–water partition coefficient (Wildman–Crippen LogP) is 5.08. The van der Waals surface area contributed by atoms with Crippen molar-refractivity contribution in [3.05, 3.63) is 74.8 Å². The van der Waals surface area contributed by atoms with Gasteiger partial charge in [-0.25, -0.2) is 0 Å². The summed E-state index contributed by atoms with van der Waals surface area (Å²) < 4.78 is 5.51. The third-order valence-corrected chi connectivity index (χ3v) is 5.42. The number of nitro benzene ring substituents is 1. The van der Waals surface area contributed by atoms with E-state index in [9.17, 15) is 10.1 Å². The van der Waals surface area contributed by atoms with Crippen LogP contribution in [0, 0.1) is 16.0 Å². The average Bonchev–Trinajstić information content (AvgIpc) is 3.11. The van der Waals surface area contributed by atoms with E-state index >= 15 is 0 Å². The Balaban J connectivity index is 1.84. The van der Waals surface area contributed by atoms with Gasteiger partial charge in [0.25, 0.3) is 5.69 Å². The molecule has 4 rings (SSSR count). The normalized spacial score (nSPS) is 23.5.